The van der Waals surface area contributed by atoms with Crippen molar-refractivity contribution in [2.24, 2.45) is 5.92 Å². The molecular weight excluding hydrogens is 290 g/mol. The molecule has 2 aliphatic carbocycles. The van der Waals surface area contributed by atoms with E-state index in [-0.39, 0.29) is 6.10 Å². The maximum Gasteiger partial charge on any atom is 0.123 e. The lowest BCUT2D eigenvalue weighted by Crippen LogP contribution is -2.51. The fraction of sp³-hybridized carbons (Fsp3) is 0.684. The number of benzene rings is 1. The van der Waals surface area contributed by atoms with Gasteiger partial charge in [-0.2, -0.15) is 0 Å². The van der Waals surface area contributed by atoms with Crippen molar-refractivity contribution in [3.05, 3.63) is 29.8 Å². The Balaban J connectivity index is 1.41. The highest BCUT2D eigenvalue weighted by Gasteiger charge is 2.43. The first-order chi connectivity index (χ1) is 11.3. The molecule has 1 heterocycles. The Morgan fingerprint density at radius 3 is 2.87 bits per heavy atom. The fourth-order valence-electron chi connectivity index (χ4n) is 3.96. The average molecular weight is 317 g/mol. The lowest BCUT2D eigenvalue weighted by atomic mass is 10.1. The third kappa shape index (κ3) is 3.39. The van der Waals surface area contributed by atoms with Gasteiger partial charge in [0.2, 0.25) is 0 Å². The highest BCUT2D eigenvalue weighted by molar-refractivity contribution is 5.33. The molecule has 4 nitrogen and oxygen atoms in total. The molecule has 0 bridgehead atoms. The summed E-state index contributed by atoms with van der Waals surface area (Å²) in [5.74, 6) is 1.80. The molecule has 23 heavy (non-hydrogen) atoms. The quantitative estimate of drug-likeness (QED) is 0.807. The molecule has 0 unspecified atom stereocenters. The first kappa shape index (κ1) is 15.4. The Labute approximate surface area is 138 Å². The summed E-state index contributed by atoms with van der Waals surface area (Å²) in [6, 6.07) is 8.81. The van der Waals surface area contributed by atoms with Crippen molar-refractivity contribution in [2.75, 3.05) is 26.9 Å². The predicted octanol–water partition coefficient (Wildman–Crippen LogP) is 2.85. The molecule has 2 saturated carbocycles. The molecule has 0 spiro atoms. The Kier molecular flexibility index (Phi) is 4.56. The molecule has 1 aliphatic heterocycles. The number of fused-ring (bicyclic) bond motifs is 1. The summed E-state index contributed by atoms with van der Waals surface area (Å²) in [6.07, 6.45) is 5.54. The topological polar surface area (TPSA) is 30.9 Å². The molecule has 4 heteroatoms. The lowest BCUT2D eigenvalue weighted by Gasteiger charge is -2.39. The lowest BCUT2D eigenvalue weighted by molar-refractivity contribution is -0.116. The second-order valence-electron chi connectivity index (χ2n) is 7.08. The molecule has 1 aromatic rings. The van der Waals surface area contributed by atoms with Gasteiger partial charge in [0.15, 0.2) is 0 Å². The number of hydrogen-bond donors (Lipinski definition) is 0. The van der Waals surface area contributed by atoms with E-state index in [1.165, 1.54) is 24.8 Å². The Morgan fingerprint density at radius 1 is 1.17 bits per heavy atom. The minimum absolute atomic E-state index is 0.247. The van der Waals surface area contributed by atoms with Crippen molar-refractivity contribution < 1.29 is 14.2 Å². The van der Waals surface area contributed by atoms with Crippen LogP contribution in [0.3, 0.4) is 0 Å². The van der Waals surface area contributed by atoms with Gasteiger partial charge in [-0.25, -0.2) is 0 Å². The summed E-state index contributed by atoms with van der Waals surface area (Å²) in [5, 5.41) is 0. The molecule has 3 atom stereocenters. The standard InChI is InChI=1S/C19H27NO3/c1-21-17-5-3-2-4-15(17)12-20-10-11-22-19-16(20)8-9-18(19)23-13-14-6-7-14/h2-5,14,16,18-19H,6-13H2,1H3/t16-,18-,19+/m1/s1. The van der Waals surface area contributed by atoms with Crippen LogP contribution in [-0.2, 0) is 16.0 Å². The van der Waals surface area contributed by atoms with Crippen LogP contribution in [0.25, 0.3) is 0 Å². The first-order valence-electron chi connectivity index (χ1n) is 8.94. The minimum Gasteiger partial charge on any atom is -0.496 e. The van der Waals surface area contributed by atoms with Crippen molar-refractivity contribution in [1.82, 2.24) is 4.90 Å². The summed E-state index contributed by atoms with van der Waals surface area (Å²) in [7, 11) is 1.75. The number of morpholine rings is 1. The molecule has 1 aromatic carbocycles. The van der Waals surface area contributed by atoms with Crippen LogP contribution in [-0.4, -0.2) is 50.0 Å². The van der Waals surface area contributed by atoms with Gasteiger partial charge in [-0.05, 0) is 37.7 Å². The highest BCUT2D eigenvalue weighted by atomic mass is 16.5. The van der Waals surface area contributed by atoms with Gasteiger partial charge in [0.1, 0.15) is 5.75 Å². The smallest absolute Gasteiger partial charge is 0.123 e. The van der Waals surface area contributed by atoms with Crippen molar-refractivity contribution in [1.29, 1.82) is 0 Å². The van der Waals surface area contributed by atoms with Crippen LogP contribution in [0.1, 0.15) is 31.2 Å². The van der Waals surface area contributed by atoms with Crippen LogP contribution in [0.5, 0.6) is 5.75 Å². The van der Waals surface area contributed by atoms with E-state index in [0.29, 0.717) is 12.1 Å². The molecule has 3 aliphatic rings. The monoisotopic (exact) mass is 317 g/mol. The van der Waals surface area contributed by atoms with Gasteiger partial charge in [0.05, 0.1) is 25.9 Å². The van der Waals surface area contributed by atoms with Crippen molar-refractivity contribution >= 4 is 0 Å². The van der Waals surface area contributed by atoms with E-state index < -0.39 is 0 Å². The number of ether oxygens (including phenoxy) is 3. The SMILES string of the molecule is COc1ccccc1CN1CCO[C@H]2[C@H]1CC[C@H]2OCC1CC1. The Morgan fingerprint density at radius 2 is 2.04 bits per heavy atom. The van der Waals surface area contributed by atoms with Crippen molar-refractivity contribution in [2.45, 2.75) is 50.5 Å². The Bertz CT molecular complexity index is 531. The normalized spacial score (nSPS) is 31.1. The van der Waals surface area contributed by atoms with Crippen LogP contribution >= 0.6 is 0 Å². The number of para-hydroxylation sites is 1. The molecule has 0 N–H and O–H groups in total. The summed E-state index contributed by atoms with van der Waals surface area (Å²) in [6.45, 7) is 3.67. The van der Waals surface area contributed by atoms with Gasteiger partial charge in [-0.1, -0.05) is 18.2 Å². The van der Waals surface area contributed by atoms with E-state index in [1.807, 2.05) is 12.1 Å². The Hall–Kier alpha value is -1.10. The van der Waals surface area contributed by atoms with Crippen molar-refractivity contribution in [3.63, 3.8) is 0 Å². The van der Waals surface area contributed by atoms with Crippen molar-refractivity contribution in [3.8, 4) is 5.75 Å². The van der Waals surface area contributed by atoms with Gasteiger partial charge in [0, 0.05) is 31.3 Å². The molecule has 4 rings (SSSR count). The molecule has 3 fully saturated rings. The number of rotatable bonds is 6. The third-order valence-corrected chi connectivity index (χ3v) is 5.46. The van der Waals surface area contributed by atoms with E-state index in [2.05, 4.69) is 17.0 Å². The first-order valence-corrected chi connectivity index (χ1v) is 8.94. The summed E-state index contributed by atoms with van der Waals surface area (Å²) >= 11 is 0. The molecule has 126 valence electrons. The van der Waals surface area contributed by atoms with Crippen LogP contribution < -0.4 is 4.74 Å². The average Bonchev–Trinajstić information content (AvgIpc) is 3.33. The van der Waals surface area contributed by atoms with E-state index in [9.17, 15) is 0 Å². The summed E-state index contributed by atoms with van der Waals surface area (Å²) in [4.78, 5) is 2.56. The van der Waals surface area contributed by atoms with Gasteiger partial charge in [0.25, 0.3) is 0 Å². The number of methoxy groups -OCH3 is 1. The van der Waals surface area contributed by atoms with Crippen LogP contribution in [0.2, 0.25) is 0 Å². The molecule has 1 saturated heterocycles. The number of hydrogen-bond acceptors (Lipinski definition) is 4. The second-order valence-corrected chi connectivity index (χ2v) is 7.08. The predicted molar refractivity (Wildman–Crippen MR) is 88.6 cm³/mol. The highest BCUT2D eigenvalue weighted by Crippen LogP contribution is 2.36. The van der Waals surface area contributed by atoms with E-state index >= 15 is 0 Å². The maximum absolute atomic E-state index is 6.16. The van der Waals surface area contributed by atoms with Gasteiger partial charge in [-0.3, -0.25) is 4.90 Å². The maximum atomic E-state index is 6.16. The molecule has 0 amide bonds. The fourth-order valence-corrected chi connectivity index (χ4v) is 3.96. The van der Waals surface area contributed by atoms with E-state index in [0.717, 1.165) is 44.4 Å². The minimum atomic E-state index is 0.247. The summed E-state index contributed by atoms with van der Waals surface area (Å²) in [5.41, 5.74) is 1.26. The van der Waals surface area contributed by atoms with Gasteiger partial charge < -0.3 is 14.2 Å². The number of nitrogens with zero attached hydrogens (tertiary/aromatic N) is 1. The van der Waals surface area contributed by atoms with Gasteiger partial charge >= 0.3 is 0 Å². The van der Waals surface area contributed by atoms with E-state index in [1.54, 1.807) is 7.11 Å². The van der Waals surface area contributed by atoms with Crippen LogP contribution in [0.15, 0.2) is 24.3 Å². The molecular formula is C19H27NO3. The van der Waals surface area contributed by atoms with Gasteiger partial charge in [-0.15, -0.1) is 0 Å². The van der Waals surface area contributed by atoms with Crippen LogP contribution in [0, 0.1) is 5.92 Å². The third-order valence-electron chi connectivity index (χ3n) is 5.46. The molecule has 0 radical (unpaired) electrons. The van der Waals surface area contributed by atoms with E-state index in [4.69, 9.17) is 14.2 Å². The summed E-state index contributed by atoms with van der Waals surface area (Å²) < 4.78 is 17.8. The zero-order chi connectivity index (χ0) is 15.6. The molecule has 0 aromatic heterocycles. The second kappa shape index (κ2) is 6.80. The largest absolute Gasteiger partial charge is 0.496 e. The van der Waals surface area contributed by atoms with Crippen LogP contribution in [0.4, 0.5) is 0 Å². The zero-order valence-corrected chi connectivity index (χ0v) is 13.9. The zero-order valence-electron chi connectivity index (χ0n) is 13.9.